The summed E-state index contributed by atoms with van der Waals surface area (Å²) >= 11 is 1.54. The molecule has 8 heavy (non-hydrogen) atoms. The molecule has 0 aliphatic carbocycles. The molecule has 0 aromatic rings. The molecule has 0 aliphatic rings. The standard InChI is InChI=1S/C4H7FINO/c1-7-3(2-8)4(5)6/h2-4,7H,1H3. The number of rotatable bonds is 3. The molecule has 0 aromatic carbocycles. The van der Waals surface area contributed by atoms with E-state index in [2.05, 4.69) is 5.32 Å². The van der Waals surface area contributed by atoms with Crippen LogP contribution in [0.3, 0.4) is 0 Å². The minimum Gasteiger partial charge on any atom is -0.308 e. The van der Waals surface area contributed by atoms with Gasteiger partial charge in [-0.2, -0.15) is 0 Å². The lowest BCUT2D eigenvalue weighted by atomic mass is 10.4. The van der Waals surface area contributed by atoms with Crippen LogP contribution in [-0.4, -0.2) is 23.6 Å². The summed E-state index contributed by atoms with van der Waals surface area (Å²) in [6.07, 6.45) is 0.553. The SMILES string of the molecule is CNC(C=O)C(F)I. The van der Waals surface area contributed by atoms with Crippen LogP contribution in [0, 0.1) is 0 Å². The quantitative estimate of drug-likeness (QED) is 0.435. The maximum atomic E-state index is 12.1. The summed E-state index contributed by atoms with van der Waals surface area (Å²) in [5.74, 6) is 0. The first-order chi connectivity index (χ1) is 3.72. The van der Waals surface area contributed by atoms with Crippen LogP contribution in [0.2, 0.25) is 0 Å². The summed E-state index contributed by atoms with van der Waals surface area (Å²) in [7, 11) is 1.55. The van der Waals surface area contributed by atoms with Crippen LogP contribution in [0.1, 0.15) is 0 Å². The normalized spacial score (nSPS) is 17.4. The zero-order valence-corrected chi connectivity index (χ0v) is 6.55. The molecule has 1 N–H and O–H groups in total. The predicted molar refractivity (Wildman–Crippen MR) is 37.8 cm³/mol. The smallest absolute Gasteiger partial charge is 0.173 e. The second-order valence-electron chi connectivity index (χ2n) is 1.28. The van der Waals surface area contributed by atoms with Crippen LogP contribution in [0.4, 0.5) is 4.39 Å². The fourth-order valence-corrected chi connectivity index (χ4v) is 0.783. The number of hydrogen-bond donors (Lipinski definition) is 1. The van der Waals surface area contributed by atoms with Gasteiger partial charge in [0, 0.05) is 0 Å². The van der Waals surface area contributed by atoms with Crippen molar-refractivity contribution in [1.29, 1.82) is 0 Å². The van der Waals surface area contributed by atoms with E-state index in [1.807, 2.05) is 0 Å². The van der Waals surface area contributed by atoms with Crippen LogP contribution in [-0.2, 0) is 4.79 Å². The molecule has 0 amide bonds. The number of hydrogen-bond acceptors (Lipinski definition) is 2. The Labute approximate surface area is 61.0 Å². The van der Waals surface area contributed by atoms with Crippen molar-refractivity contribution in [1.82, 2.24) is 5.32 Å². The first-order valence-electron chi connectivity index (χ1n) is 2.13. The predicted octanol–water partition coefficient (Wildman–Crippen LogP) is 0.504. The van der Waals surface area contributed by atoms with E-state index in [9.17, 15) is 9.18 Å². The fraction of sp³-hybridized carbons (Fsp3) is 0.750. The lowest BCUT2D eigenvalue weighted by molar-refractivity contribution is -0.109. The number of halogens is 2. The first-order valence-corrected chi connectivity index (χ1v) is 3.37. The van der Waals surface area contributed by atoms with Gasteiger partial charge in [-0.05, 0) is 29.6 Å². The van der Waals surface area contributed by atoms with E-state index >= 15 is 0 Å². The van der Waals surface area contributed by atoms with E-state index in [-0.39, 0.29) is 0 Å². The summed E-state index contributed by atoms with van der Waals surface area (Å²) in [6, 6.07) is -0.657. The molecule has 0 saturated heterocycles. The van der Waals surface area contributed by atoms with Gasteiger partial charge in [0.2, 0.25) is 0 Å². The van der Waals surface area contributed by atoms with Gasteiger partial charge >= 0.3 is 0 Å². The summed E-state index contributed by atoms with van der Waals surface area (Å²) in [4.78, 5) is 9.87. The Morgan fingerprint density at radius 1 is 1.88 bits per heavy atom. The van der Waals surface area contributed by atoms with Gasteiger partial charge in [-0.1, -0.05) is 0 Å². The van der Waals surface area contributed by atoms with Crippen LogP contribution in [0.5, 0.6) is 0 Å². The van der Waals surface area contributed by atoms with Crippen molar-refractivity contribution >= 4 is 28.9 Å². The van der Waals surface area contributed by atoms with Crippen LogP contribution in [0.25, 0.3) is 0 Å². The third-order valence-corrected chi connectivity index (χ3v) is 1.53. The third kappa shape index (κ3) is 2.56. The minimum atomic E-state index is -1.13. The molecule has 0 bridgehead atoms. The molecule has 0 saturated carbocycles. The Kier molecular flexibility index (Phi) is 4.35. The Morgan fingerprint density at radius 2 is 2.38 bits per heavy atom. The van der Waals surface area contributed by atoms with Gasteiger partial charge in [-0.25, -0.2) is 4.39 Å². The lowest BCUT2D eigenvalue weighted by Gasteiger charge is -2.06. The number of carbonyl (C=O) groups is 1. The van der Waals surface area contributed by atoms with Crippen LogP contribution in [0.15, 0.2) is 0 Å². The summed E-state index contributed by atoms with van der Waals surface area (Å²) < 4.78 is 10.9. The first kappa shape index (κ1) is 8.29. The molecular formula is C4H7FINO. The highest BCUT2D eigenvalue weighted by Crippen LogP contribution is 2.04. The molecule has 2 unspecified atom stereocenters. The molecular weight excluding hydrogens is 224 g/mol. The van der Waals surface area contributed by atoms with Gasteiger partial charge in [0.05, 0.1) is 0 Å². The number of alkyl halides is 2. The molecule has 4 heteroatoms. The molecule has 2 atom stereocenters. The Hall–Kier alpha value is 0.290. The topological polar surface area (TPSA) is 29.1 Å². The number of nitrogens with one attached hydrogen (secondary N) is 1. The number of aldehydes is 1. The van der Waals surface area contributed by atoms with Crippen molar-refractivity contribution < 1.29 is 9.18 Å². The highest BCUT2D eigenvalue weighted by atomic mass is 127. The van der Waals surface area contributed by atoms with Crippen LogP contribution < -0.4 is 5.32 Å². The molecule has 0 aromatic heterocycles. The van der Waals surface area contributed by atoms with E-state index in [1.54, 1.807) is 29.6 Å². The van der Waals surface area contributed by atoms with Gasteiger partial charge in [0.1, 0.15) is 12.3 Å². The van der Waals surface area contributed by atoms with E-state index in [0.717, 1.165) is 0 Å². The van der Waals surface area contributed by atoms with Gasteiger partial charge in [0.25, 0.3) is 0 Å². The maximum Gasteiger partial charge on any atom is 0.173 e. The van der Waals surface area contributed by atoms with Crippen LogP contribution >= 0.6 is 22.6 Å². The number of likely N-dealkylation sites (N-methyl/N-ethyl adjacent to an activating group) is 1. The Balaban J connectivity index is 3.51. The van der Waals surface area contributed by atoms with E-state index in [0.29, 0.717) is 6.29 Å². The molecule has 0 aliphatic heterocycles. The summed E-state index contributed by atoms with van der Waals surface area (Å²) in [5.41, 5.74) is 0. The second-order valence-corrected chi connectivity index (χ2v) is 2.47. The van der Waals surface area contributed by atoms with E-state index < -0.39 is 10.2 Å². The minimum absolute atomic E-state index is 0.553. The maximum absolute atomic E-state index is 12.1. The monoisotopic (exact) mass is 231 g/mol. The average Bonchev–Trinajstić information content (AvgIpc) is 1.69. The highest BCUT2D eigenvalue weighted by molar-refractivity contribution is 14.1. The molecule has 0 rings (SSSR count). The van der Waals surface area contributed by atoms with Crippen molar-refractivity contribution in [2.45, 2.75) is 10.2 Å². The van der Waals surface area contributed by atoms with Crippen molar-refractivity contribution in [3.05, 3.63) is 0 Å². The Morgan fingerprint density at radius 3 is 2.38 bits per heavy atom. The van der Waals surface area contributed by atoms with Crippen molar-refractivity contribution in [3.8, 4) is 0 Å². The highest BCUT2D eigenvalue weighted by Gasteiger charge is 2.12. The summed E-state index contributed by atoms with van der Waals surface area (Å²) in [6.45, 7) is 0. The van der Waals surface area contributed by atoms with E-state index in [4.69, 9.17) is 0 Å². The fourth-order valence-electron chi connectivity index (χ4n) is 0.253. The van der Waals surface area contributed by atoms with Crippen molar-refractivity contribution in [2.24, 2.45) is 0 Å². The molecule has 0 heterocycles. The molecule has 0 fully saturated rings. The van der Waals surface area contributed by atoms with Gasteiger partial charge in [0.15, 0.2) is 4.18 Å². The summed E-state index contributed by atoms with van der Waals surface area (Å²) in [5, 5.41) is 2.50. The molecule has 2 nitrogen and oxygen atoms in total. The second kappa shape index (κ2) is 4.20. The molecule has 0 spiro atoms. The van der Waals surface area contributed by atoms with Crippen molar-refractivity contribution in [3.63, 3.8) is 0 Å². The van der Waals surface area contributed by atoms with Gasteiger partial charge in [-0.15, -0.1) is 0 Å². The molecule has 0 radical (unpaired) electrons. The van der Waals surface area contributed by atoms with Gasteiger partial charge in [-0.3, -0.25) is 0 Å². The average molecular weight is 231 g/mol. The number of carbonyl (C=O) groups excluding carboxylic acids is 1. The van der Waals surface area contributed by atoms with Gasteiger partial charge < -0.3 is 10.1 Å². The van der Waals surface area contributed by atoms with Crippen molar-refractivity contribution in [2.75, 3.05) is 7.05 Å². The van der Waals surface area contributed by atoms with E-state index in [1.165, 1.54) is 0 Å². The molecule has 48 valence electrons. The zero-order chi connectivity index (χ0) is 6.57. The third-order valence-electron chi connectivity index (χ3n) is 0.751. The lowest BCUT2D eigenvalue weighted by Crippen LogP contribution is -2.32. The Bertz CT molecular complexity index is 78.4. The largest absolute Gasteiger partial charge is 0.308 e. The zero-order valence-electron chi connectivity index (χ0n) is 4.40.